The first kappa shape index (κ1) is 27.6. The van der Waals surface area contributed by atoms with Crippen LogP contribution in [0.25, 0.3) is 0 Å². The Hall–Kier alpha value is -0.570. The highest BCUT2D eigenvalue weighted by Crippen LogP contribution is 2.10. The minimum Gasteiger partial charge on any atom is -0.481 e. The fourth-order valence-corrected chi connectivity index (χ4v) is 3.04. The minimum atomic E-state index is -0.661. The Kier molecular flexibility index (Phi) is 28.3. The molecule has 0 aliphatic heterocycles. The number of carboxylic acid groups (broad SMARTS) is 1. The van der Waals surface area contributed by atoms with Gasteiger partial charge in [-0.2, -0.15) is 0 Å². The number of carboxylic acids is 1. The predicted octanol–water partition coefficient (Wildman–Crippen LogP) is 7.47. The average Bonchev–Trinajstić information content (AvgIpc) is 2.63. The van der Waals surface area contributed by atoms with Gasteiger partial charge in [0.2, 0.25) is 0 Å². The fraction of sp³-hybridized carbons (Fsp3) is 0.957. The van der Waals surface area contributed by atoms with Gasteiger partial charge in [-0.15, -0.1) is 0 Å². The molecule has 0 amide bonds. The van der Waals surface area contributed by atoms with Crippen molar-refractivity contribution in [1.82, 2.24) is 0 Å². The zero-order chi connectivity index (χ0) is 19.7. The van der Waals surface area contributed by atoms with Gasteiger partial charge in [0, 0.05) is 6.42 Å². The second kappa shape index (κ2) is 26.7. The van der Waals surface area contributed by atoms with Gasteiger partial charge in [0.05, 0.1) is 0 Å². The van der Waals surface area contributed by atoms with Crippen molar-refractivity contribution in [1.29, 1.82) is 0 Å². The lowest BCUT2D eigenvalue weighted by molar-refractivity contribution is -0.137. The molecule has 0 rings (SSSR count). The topological polar surface area (TPSA) is 63.3 Å². The Morgan fingerprint density at radius 3 is 1.19 bits per heavy atom. The Bertz CT molecular complexity index is 247. The van der Waals surface area contributed by atoms with Crippen LogP contribution in [-0.2, 0) is 4.79 Å². The second-order valence-electron chi connectivity index (χ2n) is 7.59. The Balaban J connectivity index is 0. The van der Waals surface area contributed by atoms with Crippen LogP contribution >= 0.6 is 0 Å². The largest absolute Gasteiger partial charge is 0.481 e. The summed E-state index contributed by atoms with van der Waals surface area (Å²) in [6.45, 7) is 5.36. The van der Waals surface area contributed by atoms with Gasteiger partial charge < -0.3 is 10.8 Å². The normalized spacial score (nSPS) is 10.4. The number of nitrogens with two attached hydrogens (primary N) is 1. The van der Waals surface area contributed by atoms with Gasteiger partial charge in [-0.25, -0.2) is 0 Å². The molecule has 0 aliphatic carbocycles. The van der Waals surface area contributed by atoms with Crippen LogP contribution in [0.3, 0.4) is 0 Å². The number of aliphatic carboxylic acids is 1. The van der Waals surface area contributed by atoms with Crippen LogP contribution in [0.5, 0.6) is 0 Å². The molecule has 0 bridgehead atoms. The molecular weight excluding hydrogens is 322 g/mol. The van der Waals surface area contributed by atoms with E-state index in [9.17, 15) is 4.79 Å². The summed E-state index contributed by atoms with van der Waals surface area (Å²) >= 11 is 0. The minimum absolute atomic E-state index is 0.342. The molecule has 3 heteroatoms. The van der Waals surface area contributed by atoms with Crippen LogP contribution in [0.2, 0.25) is 0 Å². The lowest BCUT2D eigenvalue weighted by Gasteiger charge is -2.00. The summed E-state index contributed by atoms with van der Waals surface area (Å²) in [5.41, 5.74) is 5.42. The van der Waals surface area contributed by atoms with Crippen molar-refractivity contribution in [2.45, 2.75) is 136 Å². The first-order valence-electron chi connectivity index (χ1n) is 11.6. The highest BCUT2D eigenvalue weighted by Gasteiger charge is 1.96. The van der Waals surface area contributed by atoms with E-state index in [4.69, 9.17) is 10.8 Å². The summed E-state index contributed by atoms with van der Waals surface area (Å²) in [6, 6.07) is 0. The van der Waals surface area contributed by atoms with Gasteiger partial charge in [0.25, 0.3) is 0 Å². The quantitative estimate of drug-likeness (QED) is 0.231. The maximum absolute atomic E-state index is 10.2. The summed E-state index contributed by atoms with van der Waals surface area (Å²) in [4.78, 5) is 10.2. The maximum Gasteiger partial charge on any atom is 0.303 e. The van der Waals surface area contributed by atoms with E-state index < -0.39 is 5.97 Å². The lowest BCUT2D eigenvalue weighted by atomic mass is 10.1. The Labute approximate surface area is 164 Å². The molecule has 0 heterocycles. The molecule has 0 radical (unpaired) electrons. The molecule has 0 aromatic heterocycles. The molecule has 26 heavy (non-hydrogen) atoms. The SMILES string of the molecule is CCCCCCCCCCC(=O)O.CCCCCCCCCCCCN. The molecule has 0 saturated carbocycles. The van der Waals surface area contributed by atoms with Crippen molar-refractivity contribution in [3.05, 3.63) is 0 Å². The van der Waals surface area contributed by atoms with Gasteiger partial charge in [-0.1, -0.05) is 117 Å². The molecule has 0 fully saturated rings. The summed E-state index contributed by atoms with van der Waals surface area (Å²) in [5.74, 6) is -0.661. The van der Waals surface area contributed by atoms with E-state index in [-0.39, 0.29) is 0 Å². The van der Waals surface area contributed by atoms with E-state index in [1.54, 1.807) is 0 Å². The molecule has 3 nitrogen and oxygen atoms in total. The average molecular weight is 372 g/mol. The molecular formula is C23H49NO2. The van der Waals surface area contributed by atoms with Crippen LogP contribution in [0.4, 0.5) is 0 Å². The van der Waals surface area contributed by atoms with Crippen LogP contribution in [0, 0.1) is 0 Å². The lowest BCUT2D eigenvalue weighted by Crippen LogP contribution is -1.97. The molecule has 0 saturated heterocycles. The van der Waals surface area contributed by atoms with E-state index in [0.29, 0.717) is 6.42 Å². The summed E-state index contributed by atoms with van der Waals surface area (Å²) in [6.07, 6.45) is 24.0. The summed E-state index contributed by atoms with van der Waals surface area (Å²) < 4.78 is 0. The van der Waals surface area contributed by atoms with Crippen LogP contribution in [0.15, 0.2) is 0 Å². The zero-order valence-electron chi connectivity index (χ0n) is 18.1. The molecule has 0 atom stereocenters. The second-order valence-corrected chi connectivity index (χ2v) is 7.59. The number of unbranched alkanes of at least 4 members (excludes halogenated alkanes) is 16. The first-order chi connectivity index (χ1) is 12.7. The van der Waals surface area contributed by atoms with Gasteiger partial charge in [0.15, 0.2) is 0 Å². The molecule has 158 valence electrons. The van der Waals surface area contributed by atoms with Crippen LogP contribution in [0.1, 0.15) is 136 Å². The fourth-order valence-electron chi connectivity index (χ4n) is 3.04. The van der Waals surface area contributed by atoms with E-state index in [0.717, 1.165) is 19.4 Å². The number of hydrogen-bond donors (Lipinski definition) is 2. The molecule has 3 N–H and O–H groups in total. The van der Waals surface area contributed by atoms with Crippen molar-refractivity contribution < 1.29 is 9.90 Å². The van der Waals surface area contributed by atoms with Gasteiger partial charge in [-0.05, 0) is 19.4 Å². The molecule has 0 aromatic rings. The third-order valence-corrected chi connectivity index (χ3v) is 4.80. The molecule has 0 aliphatic rings. The Morgan fingerprint density at radius 1 is 0.577 bits per heavy atom. The highest BCUT2D eigenvalue weighted by atomic mass is 16.4. The van der Waals surface area contributed by atoms with Crippen LogP contribution < -0.4 is 5.73 Å². The van der Waals surface area contributed by atoms with E-state index in [1.165, 1.54) is 103 Å². The standard InChI is InChI=1S/C12H27N.C11H22O2/c1-2-3-4-5-6-7-8-9-10-11-12-13;1-2-3-4-5-6-7-8-9-10-11(12)13/h2-13H2,1H3;2-10H2,1H3,(H,12,13). The summed E-state index contributed by atoms with van der Waals surface area (Å²) in [7, 11) is 0. The monoisotopic (exact) mass is 371 g/mol. The smallest absolute Gasteiger partial charge is 0.303 e. The predicted molar refractivity (Wildman–Crippen MR) is 116 cm³/mol. The number of carbonyl (C=O) groups is 1. The first-order valence-corrected chi connectivity index (χ1v) is 11.6. The third kappa shape index (κ3) is 31.2. The van der Waals surface area contributed by atoms with Gasteiger partial charge >= 0.3 is 5.97 Å². The van der Waals surface area contributed by atoms with E-state index in [2.05, 4.69) is 13.8 Å². The van der Waals surface area contributed by atoms with Crippen molar-refractivity contribution in [2.24, 2.45) is 5.73 Å². The van der Waals surface area contributed by atoms with Gasteiger partial charge in [0.1, 0.15) is 0 Å². The maximum atomic E-state index is 10.2. The third-order valence-electron chi connectivity index (χ3n) is 4.80. The zero-order valence-corrected chi connectivity index (χ0v) is 18.1. The van der Waals surface area contributed by atoms with Crippen LogP contribution in [-0.4, -0.2) is 17.6 Å². The van der Waals surface area contributed by atoms with E-state index in [1.807, 2.05) is 0 Å². The van der Waals surface area contributed by atoms with Crippen molar-refractivity contribution in [2.75, 3.05) is 6.54 Å². The molecule has 0 aromatic carbocycles. The number of hydrogen-bond acceptors (Lipinski definition) is 2. The van der Waals surface area contributed by atoms with Crippen molar-refractivity contribution in [3.63, 3.8) is 0 Å². The van der Waals surface area contributed by atoms with E-state index >= 15 is 0 Å². The Morgan fingerprint density at radius 2 is 0.885 bits per heavy atom. The highest BCUT2D eigenvalue weighted by molar-refractivity contribution is 5.66. The molecule has 0 unspecified atom stereocenters. The summed E-state index contributed by atoms with van der Waals surface area (Å²) in [5, 5.41) is 8.39. The molecule has 0 spiro atoms. The van der Waals surface area contributed by atoms with Gasteiger partial charge in [-0.3, -0.25) is 4.79 Å². The van der Waals surface area contributed by atoms with Crippen molar-refractivity contribution in [3.8, 4) is 0 Å². The number of rotatable bonds is 19. The van der Waals surface area contributed by atoms with Crippen molar-refractivity contribution >= 4 is 5.97 Å².